The number of nitriles is 1. The Hall–Kier alpha value is -3.23. The zero-order valence-electron chi connectivity index (χ0n) is 12.4. The van der Waals surface area contributed by atoms with Gasteiger partial charge in [0.1, 0.15) is 17.3 Å². The largest absolute Gasteiger partial charge is 0.319 e. The Labute approximate surface area is 142 Å². The van der Waals surface area contributed by atoms with Gasteiger partial charge in [0.25, 0.3) is 5.56 Å². The fraction of sp³-hybridized carbons (Fsp3) is 0. The van der Waals surface area contributed by atoms with Crippen LogP contribution in [0.1, 0.15) is 5.56 Å². The van der Waals surface area contributed by atoms with E-state index in [9.17, 15) is 4.79 Å². The van der Waals surface area contributed by atoms with Crippen LogP contribution in [-0.4, -0.2) is 4.98 Å². The zero-order chi connectivity index (χ0) is 16.9. The molecule has 1 heterocycles. The summed E-state index contributed by atoms with van der Waals surface area (Å²) in [6, 6.07) is 19.4. The van der Waals surface area contributed by atoms with Crippen LogP contribution in [0.4, 0.5) is 11.4 Å². The van der Waals surface area contributed by atoms with Crippen molar-refractivity contribution in [1.82, 2.24) is 4.98 Å². The third-order valence-electron chi connectivity index (χ3n) is 3.30. The van der Waals surface area contributed by atoms with E-state index < -0.39 is 5.56 Å². The van der Waals surface area contributed by atoms with Gasteiger partial charge in [-0.2, -0.15) is 10.4 Å². The van der Waals surface area contributed by atoms with Crippen molar-refractivity contribution in [3.63, 3.8) is 0 Å². The molecule has 3 rings (SSSR count). The van der Waals surface area contributed by atoms with Gasteiger partial charge in [-0.1, -0.05) is 41.9 Å². The van der Waals surface area contributed by atoms with E-state index in [2.05, 4.69) is 15.2 Å². The summed E-state index contributed by atoms with van der Waals surface area (Å²) in [7, 11) is 0. The van der Waals surface area contributed by atoms with E-state index in [0.717, 1.165) is 5.56 Å². The van der Waals surface area contributed by atoms with Crippen LogP contribution in [-0.2, 0) is 0 Å². The van der Waals surface area contributed by atoms with Crippen molar-refractivity contribution in [3.8, 4) is 17.3 Å². The number of nitrogens with zero attached hydrogens (tertiary/aromatic N) is 3. The minimum absolute atomic E-state index is 0.0188. The molecule has 0 aliphatic rings. The minimum atomic E-state index is -0.471. The highest BCUT2D eigenvalue weighted by molar-refractivity contribution is 6.30. The highest BCUT2D eigenvalue weighted by atomic mass is 35.5. The van der Waals surface area contributed by atoms with Gasteiger partial charge in [-0.25, -0.2) is 0 Å². The number of aromatic amines is 1. The highest BCUT2D eigenvalue weighted by Crippen LogP contribution is 2.30. The predicted molar refractivity (Wildman–Crippen MR) is 92.8 cm³/mol. The van der Waals surface area contributed by atoms with Crippen molar-refractivity contribution in [2.24, 2.45) is 10.2 Å². The summed E-state index contributed by atoms with van der Waals surface area (Å²) in [5, 5.41) is 18.0. The van der Waals surface area contributed by atoms with Crippen molar-refractivity contribution in [1.29, 1.82) is 5.26 Å². The standard InChI is InChI=1S/C18H11ClN4O/c19-14-8-6-12(7-9-14)17-16(10-13(11-20)18(24)21-17)23-22-15-4-2-1-3-5-15/h1-10H,(H,21,24). The SMILES string of the molecule is N#Cc1cc(N=Nc2ccccc2)c(-c2ccc(Cl)cc2)[nH]c1=O. The van der Waals surface area contributed by atoms with Crippen molar-refractivity contribution in [2.75, 3.05) is 0 Å². The van der Waals surface area contributed by atoms with Crippen molar-refractivity contribution in [3.05, 3.63) is 81.6 Å². The fourth-order valence-corrected chi connectivity index (χ4v) is 2.25. The predicted octanol–water partition coefficient (Wildman–Crippen LogP) is 4.98. The van der Waals surface area contributed by atoms with Crippen LogP contribution in [0.2, 0.25) is 5.02 Å². The van der Waals surface area contributed by atoms with E-state index in [4.69, 9.17) is 16.9 Å². The van der Waals surface area contributed by atoms with Gasteiger partial charge in [-0.15, -0.1) is 5.11 Å². The van der Waals surface area contributed by atoms with E-state index in [0.29, 0.717) is 22.1 Å². The monoisotopic (exact) mass is 334 g/mol. The Balaban J connectivity index is 2.12. The van der Waals surface area contributed by atoms with Crippen molar-refractivity contribution < 1.29 is 0 Å². The molecule has 5 nitrogen and oxygen atoms in total. The van der Waals surface area contributed by atoms with Crippen LogP contribution in [0.5, 0.6) is 0 Å². The number of rotatable bonds is 3. The molecule has 0 fully saturated rings. The Kier molecular flexibility index (Phi) is 4.50. The molecule has 1 aromatic heterocycles. The third kappa shape index (κ3) is 3.40. The first-order chi connectivity index (χ1) is 11.7. The molecule has 0 radical (unpaired) electrons. The number of H-pyrrole nitrogens is 1. The molecule has 0 bridgehead atoms. The Bertz CT molecular complexity index is 986. The normalized spacial score (nSPS) is 10.7. The topological polar surface area (TPSA) is 81.4 Å². The molecule has 0 unspecified atom stereocenters. The average molecular weight is 335 g/mol. The summed E-state index contributed by atoms with van der Waals surface area (Å²) < 4.78 is 0. The lowest BCUT2D eigenvalue weighted by atomic mass is 10.1. The number of benzene rings is 2. The molecular weight excluding hydrogens is 324 g/mol. The summed E-state index contributed by atoms with van der Waals surface area (Å²) in [6.07, 6.45) is 0. The second kappa shape index (κ2) is 6.90. The molecule has 0 spiro atoms. The fourth-order valence-electron chi connectivity index (χ4n) is 2.12. The molecule has 3 aromatic rings. The van der Waals surface area contributed by atoms with Crippen LogP contribution in [0.25, 0.3) is 11.3 Å². The third-order valence-corrected chi connectivity index (χ3v) is 3.56. The van der Waals surface area contributed by atoms with Gasteiger partial charge < -0.3 is 4.98 Å². The number of pyridine rings is 1. The van der Waals surface area contributed by atoms with Gasteiger partial charge >= 0.3 is 0 Å². The summed E-state index contributed by atoms with van der Waals surface area (Å²) in [5.74, 6) is 0. The van der Waals surface area contributed by atoms with Gasteiger partial charge in [-0.3, -0.25) is 4.79 Å². The van der Waals surface area contributed by atoms with Crippen molar-refractivity contribution in [2.45, 2.75) is 0 Å². The maximum Gasteiger partial charge on any atom is 0.266 e. The molecule has 1 N–H and O–H groups in total. The van der Waals surface area contributed by atoms with E-state index in [1.807, 2.05) is 36.4 Å². The van der Waals surface area contributed by atoms with Gasteiger partial charge in [0.15, 0.2) is 0 Å². The molecule has 0 saturated carbocycles. The zero-order valence-corrected chi connectivity index (χ0v) is 13.2. The van der Waals surface area contributed by atoms with E-state index in [1.54, 1.807) is 24.3 Å². The Morgan fingerprint density at radius 1 is 1.00 bits per heavy atom. The number of aromatic nitrogens is 1. The smallest absolute Gasteiger partial charge is 0.266 e. The average Bonchev–Trinajstić information content (AvgIpc) is 2.62. The maximum atomic E-state index is 12.0. The number of hydrogen-bond acceptors (Lipinski definition) is 4. The van der Waals surface area contributed by atoms with E-state index in [1.165, 1.54) is 6.07 Å². The number of nitrogens with one attached hydrogen (secondary N) is 1. The number of azo groups is 1. The minimum Gasteiger partial charge on any atom is -0.319 e. The molecule has 0 aliphatic heterocycles. The molecule has 6 heteroatoms. The molecule has 24 heavy (non-hydrogen) atoms. The highest BCUT2D eigenvalue weighted by Gasteiger charge is 2.10. The second-order valence-electron chi connectivity index (χ2n) is 4.93. The Morgan fingerprint density at radius 2 is 1.71 bits per heavy atom. The van der Waals surface area contributed by atoms with Crippen LogP contribution in [0.15, 0.2) is 75.7 Å². The van der Waals surface area contributed by atoms with Gasteiger partial charge in [0.2, 0.25) is 0 Å². The van der Waals surface area contributed by atoms with Crippen LogP contribution < -0.4 is 5.56 Å². The van der Waals surface area contributed by atoms with Crippen molar-refractivity contribution >= 4 is 23.0 Å². The summed E-state index contributed by atoms with van der Waals surface area (Å²) in [4.78, 5) is 14.7. The molecule has 0 atom stereocenters. The van der Waals surface area contributed by atoms with Gasteiger partial charge in [0.05, 0.1) is 11.4 Å². The quantitative estimate of drug-likeness (QED) is 0.685. The summed E-state index contributed by atoms with van der Waals surface area (Å²) in [5.41, 5.74) is 1.79. The molecular formula is C18H11ClN4O. The maximum absolute atomic E-state index is 12.0. The van der Waals surface area contributed by atoms with E-state index >= 15 is 0 Å². The first-order valence-electron chi connectivity index (χ1n) is 7.07. The lowest BCUT2D eigenvalue weighted by molar-refractivity contribution is 1.16. The van der Waals surface area contributed by atoms with Crippen LogP contribution in [0, 0.1) is 11.3 Å². The molecule has 0 saturated heterocycles. The van der Waals surface area contributed by atoms with Crippen LogP contribution in [0.3, 0.4) is 0 Å². The number of halogens is 1. The second-order valence-corrected chi connectivity index (χ2v) is 5.36. The summed E-state index contributed by atoms with van der Waals surface area (Å²) >= 11 is 5.90. The lowest BCUT2D eigenvalue weighted by Gasteiger charge is -2.06. The first-order valence-corrected chi connectivity index (χ1v) is 7.45. The molecule has 116 valence electrons. The first kappa shape index (κ1) is 15.7. The Morgan fingerprint density at radius 3 is 2.38 bits per heavy atom. The van der Waals surface area contributed by atoms with E-state index in [-0.39, 0.29) is 5.56 Å². The molecule has 0 aliphatic carbocycles. The van der Waals surface area contributed by atoms with Gasteiger partial charge in [-0.05, 0) is 30.3 Å². The summed E-state index contributed by atoms with van der Waals surface area (Å²) in [6.45, 7) is 0. The molecule has 0 amide bonds. The van der Waals surface area contributed by atoms with Crippen LogP contribution >= 0.6 is 11.6 Å². The van der Waals surface area contributed by atoms with Gasteiger partial charge in [0, 0.05) is 10.6 Å². The number of hydrogen-bond donors (Lipinski definition) is 1. The molecule has 2 aromatic carbocycles. The lowest BCUT2D eigenvalue weighted by Crippen LogP contribution is -2.10.